The van der Waals surface area contributed by atoms with Gasteiger partial charge >= 0.3 is 0 Å². The van der Waals surface area contributed by atoms with Gasteiger partial charge in [-0.25, -0.2) is 0 Å². The number of nitrogens with one attached hydrogen (secondary N) is 1. The van der Waals surface area contributed by atoms with Crippen LogP contribution >= 0.6 is 0 Å². The molecule has 1 fully saturated rings. The molecule has 2 aromatic rings. The highest BCUT2D eigenvalue weighted by molar-refractivity contribution is 6.01. The second-order valence-electron chi connectivity index (χ2n) is 8.64. The van der Waals surface area contributed by atoms with Crippen molar-refractivity contribution in [3.63, 3.8) is 0 Å². The van der Waals surface area contributed by atoms with E-state index >= 15 is 0 Å². The monoisotopic (exact) mass is 448 g/mol. The number of amides is 2. The first-order valence-electron chi connectivity index (χ1n) is 11.7. The van der Waals surface area contributed by atoms with E-state index in [9.17, 15) is 9.59 Å². The first kappa shape index (κ1) is 22.9. The lowest BCUT2D eigenvalue weighted by Gasteiger charge is -2.28. The van der Waals surface area contributed by atoms with Gasteiger partial charge in [-0.3, -0.25) is 9.59 Å². The molecule has 1 N–H and O–H groups in total. The molecule has 33 heavy (non-hydrogen) atoms. The lowest BCUT2D eigenvalue weighted by atomic mass is 9.92. The molecule has 0 unspecified atom stereocenters. The van der Waals surface area contributed by atoms with E-state index in [2.05, 4.69) is 11.4 Å². The van der Waals surface area contributed by atoms with Crippen LogP contribution in [0.4, 0.5) is 5.69 Å². The number of nitrogens with zero attached hydrogens (tertiary/aromatic N) is 1. The van der Waals surface area contributed by atoms with Crippen LogP contribution in [-0.2, 0) is 9.59 Å². The van der Waals surface area contributed by atoms with Crippen molar-refractivity contribution >= 4 is 17.5 Å². The second kappa shape index (κ2) is 10.6. The summed E-state index contributed by atoms with van der Waals surface area (Å²) in [5, 5.41) is 3.10. The summed E-state index contributed by atoms with van der Waals surface area (Å²) in [6, 6.07) is 14.6. The third-order valence-electron chi connectivity index (χ3n) is 6.60. The van der Waals surface area contributed by atoms with Gasteiger partial charge in [0, 0.05) is 18.7 Å². The third kappa shape index (κ3) is 5.21. The van der Waals surface area contributed by atoms with E-state index in [1.165, 1.54) is 18.4 Å². The zero-order valence-corrected chi connectivity index (χ0v) is 19.4. The molecular weight excluding hydrogens is 416 g/mol. The number of carbonyl (C=O) groups excluding carboxylic acids is 2. The number of anilines is 1. The number of carbonyl (C=O) groups is 2. The van der Waals surface area contributed by atoms with Gasteiger partial charge in [0.05, 0.1) is 26.2 Å². The molecule has 0 bridgehead atoms. The Labute approximate surface area is 195 Å². The van der Waals surface area contributed by atoms with Crippen molar-refractivity contribution in [2.24, 2.45) is 5.92 Å². The first-order valence-corrected chi connectivity index (χ1v) is 11.7. The van der Waals surface area contributed by atoms with Gasteiger partial charge in [0.25, 0.3) is 0 Å². The van der Waals surface area contributed by atoms with Crippen LogP contribution in [0.15, 0.2) is 60.2 Å². The Hall–Kier alpha value is -3.28. The molecule has 4 rings (SSSR count). The molecule has 1 heterocycles. The van der Waals surface area contributed by atoms with Crippen LogP contribution in [0.2, 0.25) is 0 Å². The van der Waals surface area contributed by atoms with Crippen molar-refractivity contribution in [1.29, 1.82) is 0 Å². The van der Waals surface area contributed by atoms with Gasteiger partial charge in [0.2, 0.25) is 11.8 Å². The zero-order valence-electron chi connectivity index (χ0n) is 19.4. The van der Waals surface area contributed by atoms with Crippen LogP contribution in [0.5, 0.6) is 11.5 Å². The van der Waals surface area contributed by atoms with Gasteiger partial charge in [-0.1, -0.05) is 23.8 Å². The molecule has 0 saturated carbocycles. The summed E-state index contributed by atoms with van der Waals surface area (Å²) in [6.45, 7) is 0.604. The van der Waals surface area contributed by atoms with Crippen molar-refractivity contribution in [2.75, 3.05) is 25.7 Å². The van der Waals surface area contributed by atoms with Crippen molar-refractivity contribution in [3.05, 3.63) is 65.7 Å². The predicted octanol–water partition coefficient (Wildman–Crippen LogP) is 4.80. The number of rotatable bonds is 8. The maximum atomic E-state index is 13.3. The maximum Gasteiger partial charge on any atom is 0.228 e. The van der Waals surface area contributed by atoms with Gasteiger partial charge in [0.15, 0.2) is 0 Å². The van der Waals surface area contributed by atoms with Crippen LogP contribution in [0, 0.1) is 5.92 Å². The van der Waals surface area contributed by atoms with Crippen molar-refractivity contribution in [2.45, 2.75) is 44.6 Å². The lowest BCUT2D eigenvalue weighted by molar-refractivity contribution is -0.126. The fourth-order valence-corrected chi connectivity index (χ4v) is 4.81. The summed E-state index contributed by atoms with van der Waals surface area (Å²) < 4.78 is 10.6. The highest BCUT2D eigenvalue weighted by Gasteiger charge is 2.45. The quantitative estimate of drug-likeness (QED) is 0.589. The van der Waals surface area contributed by atoms with Crippen LogP contribution in [0.25, 0.3) is 0 Å². The van der Waals surface area contributed by atoms with E-state index in [4.69, 9.17) is 9.47 Å². The van der Waals surface area contributed by atoms with Gasteiger partial charge in [-0.05, 0) is 74.1 Å². The zero-order chi connectivity index (χ0) is 23.2. The second-order valence-corrected chi connectivity index (χ2v) is 8.64. The molecule has 6 nitrogen and oxygen atoms in total. The highest BCUT2D eigenvalue weighted by Crippen LogP contribution is 2.42. The smallest absolute Gasteiger partial charge is 0.228 e. The van der Waals surface area contributed by atoms with Crippen LogP contribution in [0.3, 0.4) is 0 Å². The maximum absolute atomic E-state index is 13.3. The van der Waals surface area contributed by atoms with Crippen molar-refractivity contribution in [1.82, 2.24) is 5.32 Å². The first-order chi connectivity index (χ1) is 16.1. The number of hydrogen-bond acceptors (Lipinski definition) is 4. The van der Waals surface area contributed by atoms with Gasteiger partial charge in [0.1, 0.15) is 11.5 Å². The minimum Gasteiger partial charge on any atom is -0.497 e. The molecule has 1 aliphatic carbocycles. The SMILES string of the molecule is COc1ccc([C@@H]2[C@H](C(=O)NCCC3=CCCCC3)CC(=O)N2c2ccc(OC)cc2)cc1. The molecule has 0 spiro atoms. The minimum absolute atomic E-state index is 0.0591. The molecule has 174 valence electrons. The standard InChI is InChI=1S/C27H32N2O4/c1-32-22-12-8-20(9-13-22)26-24(27(31)28-17-16-19-6-4-3-5-7-19)18-25(30)29(26)21-10-14-23(33-2)15-11-21/h6,8-15,24,26H,3-5,7,16-18H2,1-2H3,(H,28,31)/t24-,26-/m1/s1. The number of hydrogen-bond donors (Lipinski definition) is 1. The van der Waals surface area contributed by atoms with Crippen LogP contribution < -0.4 is 19.7 Å². The molecule has 2 atom stereocenters. The van der Waals surface area contributed by atoms with E-state index in [-0.39, 0.29) is 24.3 Å². The minimum atomic E-state index is -0.465. The Morgan fingerprint density at radius 3 is 2.27 bits per heavy atom. The molecule has 0 radical (unpaired) electrons. The summed E-state index contributed by atoms with van der Waals surface area (Å²) >= 11 is 0. The van der Waals surface area contributed by atoms with E-state index in [1.807, 2.05) is 48.5 Å². The lowest BCUT2D eigenvalue weighted by Crippen LogP contribution is -2.36. The average Bonchev–Trinajstić information content (AvgIpc) is 3.21. The van der Waals surface area contributed by atoms with Gasteiger partial charge in [-0.2, -0.15) is 0 Å². The third-order valence-corrected chi connectivity index (χ3v) is 6.60. The summed E-state index contributed by atoms with van der Waals surface area (Å²) in [5.41, 5.74) is 3.09. The van der Waals surface area contributed by atoms with E-state index in [0.717, 1.165) is 42.0 Å². The summed E-state index contributed by atoms with van der Waals surface area (Å²) in [4.78, 5) is 28.2. The van der Waals surface area contributed by atoms with E-state index in [1.54, 1.807) is 19.1 Å². The summed E-state index contributed by atoms with van der Waals surface area (Å²) in [7, 11) is 3.23. The fourth-order valence-electron chi connectivity index (χ4n) is 4.81. The molecule has 2 aliphatic rings. The van der Waals surface area contributed by atoms with Crippen molar-refractivity contribution < 1.29 is 19.1 Å². The number of methoxy groups -OCH3 is 2. The number of allylic oxidation sites excluding steroid dienone is 1. The molecule has 1 saturated heterocycles. The Bertz CT molecular complexity index is 998. The normalized spacial score (nSPS) is 20.4. The Morgan fingerprint density at radius 2 is 1.67 bits per heavy atom. The topological polar surface area (TPSA) is 67.9 Å². The van der Waals surface area contributed by atoms with Gasteiger partial charge in [-0.15, -0.1) is 0 Å². The average molecular weight is 449 g/mol. The number of ether oxygens (including phenoxy) is 2. The van der Waals surface area contributed by atoms with E-state index in [0.29, 0.717) is 6.54 Å². The Kier molecular flexibility index (Phi) is 7.33. The molecule has 0 aromatic heterocycles. The van der Waals surface area contributed by atoms with Crippen molar-refractivity contribution in [3.8, 4) is 11.5 Å². The van der Waals surface area contributed by atoms with Gasteiger partial charge < -0.3 is 19.7 Å². The molecule has 1 aliphatic heterocycles. The highest BCUT2D eigenvalue weighted by atomic mass is 16.5. The molecule has 6 heteroatoms. The molecule has 2 amide bonds. The summed E-state index contributed by atoms with van der Waals surface area (Å²) in [5.74, 6) is 0.861. The Morgan fingerprint density at radius 1 is 1.00 bits per heavy atom. The van der Waals surface area contributed by atoms with Crippen LogP contribution in [0.1, 0.15) is 50.1 Å². The van der Waals surface area contributed by atoms with E-state index < -0.39 is 5.92 Å². The van der Waals surface area contributed by atoms with Crippen LogP contribution in [-0.4, -0.2) is 32.6 Å². The predicted molar refractivity (Wildman–Crippen MR) is 128 cm³/mol. The molecular formula is C27H32N2O4. The summed E-state index contributed by atoms with van der Waals surface area (Å²) in [6.07, 6.45) is 8.10. The Balaban J connectivity index is 1.56. The fraction of sp³-hybridized carbons (Fsp3) is 0.407. The number of benzene rings is 2. The largest absolute Gasteiger partial charge is 0.497 e. The molecule has 2 aromatic carbocycles.